The van der Waals surface area contributed by atoms with Gasteiger partial charge in [-0.3, -0.25) is 9.48 Å². The minimum absolute atomic E-state index is 0.148. The van der Waals surface area contributed by atoms with Gasteiger partial charge in [0.05, 0.1) is 19.2 Å². The summed E-state index contributed by atoms with van der Waals surface area (Å²) in [6.07, 6.45) is 0.405. The lowest BCUT2D eigenvalue weighted by atomic mass is 10.1. The van der Waals surface area contributed by atoms with Gasteiger partial charge in [0.15, 0.2) is 5.82 Å². The molecule has 8 nitrogen and oxygen atoms in total. The highest BCUT2D eigenvalue weighted by Gasteiger charge is 2.25. The van der Waals surface area contributed by atoms with Gasteiger partial charge in [0.25, 0.3) is 0 Å². The molecule has 8 heteroatoms. The molecule has 0 aliphatic carbocycles. The van der Waals surface area contributed by atoms with E-state index in [4.69, 9.17) is 9.72 Å². The van der Waals surface area contributed by atoms with Crippen molar-refractivity contribution in [2.24, 2.45) is 7.05 Å². The van der Waals surface area contributed by atoms with Gasteiger partial charge in [-0.25, -0.2) is 9.97 Å². The minimum Gasteiger partial charge on any atom is -0.497 e. The lowest BCUT2D eigenvalue weighted by Crippen LogP contribution is -2.49. The molecule has 0 atom stereocenters. The van der Waals surface area contributed by atoms with Gasteiger partial charge in [-0.05, 0) is 31.5 Å². The number of fused-ring (bicyclic) bond motifs is 1. The lowest BCUT2D eigenvalue weighted by molar-refractivity contribution is -0.130. The van der Waals surface area contributed by atoms with E-state index < -0.39 is 0 Å². The van der Waals surface area contributed by atoms with Crippen molar-refractivity contribution in [3.8, 4) is 5.75 Å². The maximum atomic E-state index is 12.7. The molecule has 1 aliphatic rings. The highest BCUT2D eigenvalue weighted by atomic mass is 16.5. The van der Waals surface area contributed by atoms with Crippen molar-refractivity contribution in [1.29, 1.82) is 0 Å². The van der Waals surface area contributed by atoms with E-state index in [-0.39, 0.29) is 5.91 Å². The Bertz CT molecular complexity index is 1040. The lowest BCUT2D eigenvalue weighted by Gasteiger charge is -2.35. The number of carbonyl (C=O) groups excluding carboxylic acids is 1. The first kappa shape index (κ1) is 19.2. The van der Waals surface area contributed by atoms with Crippen LogP contribution in [0, 0.1) is 13.8 Å². The molecule has 1 aliphatic heterocycles. The Morgan fingerprint density at radius 1 is 1.07 bits per heavy atom. The number of hydrogen-bond donors (Lipinski definition) is 0. The monoisotopic (exact) mass is 394 g/mol. The number of nitrogens with zero attached hydrogens (tertiary/aromatic N) is 6. The van der Waals surface area contributed by atoms with E-state index in [9.17, 15) is 4.79 Å². The molecule has 0 saturated carbocycles. The number of piperazine rings is 1. The van der Waals surface area contributed by atoms with Gasteiger partial charge in [-0.1, -0.05) is 12.1 Å². The van der Waals surface area contributed by atoms with E-state index in [0.29, 0.717) is 19.5 Å². The number of carbonyl (C=O) groups is 1. The van der Waals surface area contributed by atoms with Gasteiger partial charge in [0, 0.05) is 33.2 Å². The molecule has 1 saturated heterocycles. The Labute approximate surface area is 170 Å². The van der Waals surface area contributed by atoms with Crippen LogP contribution < -0.4 is 9.64 Å². The molecule has 3 heterocycles. The molecule has 29 heavy (non-hydrogen) atoms. The Hall–Kier alpha value is -3.16. The van der Waals surface area contributed by atoms with Gasteiger partial charge in [0.2, 0.25) is 5.91 Å². The van der Waals surface area contributed by atoms with Crippen molar-refractivity contribution >= 4 is 22.8 Å². The number of methoxy groups -OCH3 is 1. The van der Waals surface area contributed by atoms with Gasteiger partial charge in [0.1, 0.15) is 22.6 Å². The second-order valence-corrected chi connectivity index (χ2v) is 7.39. The van der Waals surface area contributed by atoms with Crippen molar-refractivity contribution in [3.63, 3.8) is 0 Å². The van der Waals surface area contributed by atoms with Gasteiger partial charge in [-0.2, -0.15) is 5.10 Å². The first-order chi connectivity index (χ1) is 14.0. The normalized spacial score (nSPS) is 14.5. The van der Waals surface area contributed by atoms with Crippen molar-refractivity contribution in [3.05, 3.63) is 41.3 Å². The summed E-state index contributed by atoms with van der Waals surface area (Å²) in [6.45, 7) is 6.71. The van der Waals surface area contributed by atoms with E-state index in [1.54, 1.807) is 7.11 Å². The molecule has 0 spiro atoms. The Morgan fingerprint density at radius 3 is 2.41 bits per heavy atom. The first-order valence-electron chi connectivity index (χ1n) is 9.80. The van der Waals surface area contributed by atoms with E-state index in [2.05, 4.69) is 15.0 Å². The standard InChI is InChI=1S/C21H26N6O2/c1-14-19-20(25(3)24-14)21(23-15(2)22-19)27-11-9-26(10-12-27)18(28)13-16-5-7-17(29-4)8-6-16/h5-8H,9-13H2,1-4H3. The zero-order valence-corrected chi connectivity index (χ0v) is 17.3. The maximum Gasteiger partial charge on any atom is 0.227 e. The Kier molecular flexibility index (Phi) is 5.08. The van der Waals surface area contributed by atoms with E-state index in [1.165, 1.54) is 0 Å². The van der Waals surface area contributed by atoms with Crippen LogP contribution in [0.2, 0.25) is 0 Å². The third-order valence-electron chi connectivity index (χ3n) is 5.39. The van der Waals surface area contributed by atoms with Crippen LogP contribution in [0.5, 0.6) is 5.75 Å². The molecule has 2 aromatic heterocycles. The fourth-order valence-corrected chi connectivity index (χ4v) is 3.84. The topological polar surface area (TPSA) is 76.4 Å². The highest BCUT2D eigenvalue weighted by molar-refractivity contribution is 5.88. The summed E-state index contributed by atoms with van der Waals surface area (Å²) < 4.78 is 7.02. The number of aromatic nitrogens is 4. The van der Waals surface area contributed by atoms with Crippen molar-refractivity contribution < 1.29 is 9.53 Å². The van der Waals surface area contributed by atoms with Crippen molar-refractivity contribution in [2.75, 3.05) is 38.2 Å². The fourth-order valence-electron chi connectivity index (χ4n) is 3.84. The second kappa shape index (κ2) is 7.69. The summed E-state index contributed by atoms with van der Waals surface area (Å²) in [6, 6.07) is 7.66. The number of rotatable bonds is 4. The van der Waals surface area contributed by atoms with Crippen LogP contribution >= 0.6 is 0 Å². The zero-order chi connectivity index (χ0) is 20.5. The van der Waals surface area contributed by atoms with Crippen molar-refractivity contribution in [2.45, 2.75) is 20.3 Å². The predicted molar refractivity (Wildman–Crippen MR) is 111 cm³/mol. The SMILES string of the molecule is COc1ccc(CC(=O)N2CCN(c3nc(C)nc4c(C)nn(C)c34)CC2)cc1. The summed E-state index contributed by atoms with van der Waals surface area (Å²) in [4.78, 5) is 26.1. The maximum absolute atomic E-state index is 12.7. The average molecular weight is 394 g/mol. The molecule has 3 aromatic rings. The van der Waals surface area contributed by atoms with Crippen LogP contribution in [-0.2, 0) is 18.3 Å². The van der Waals surface area contributed by atoms with Gasteiger partial charge < -0.3 is 14.5 Å². The summed E-state index contributed by atoms with van der Waals surface area (Å²) >= 11 is 0. The van der Waals surface area contributed by atoms with Crippen LogP contribution in [0.4, 0.5) is 5.82 Å². The second-order valence-electron chi connectivity index (χ2n) is 7.39. The first-order valence-corrected chi connectivity index (χ1v) is 9.80. The van der Waals surface area contributed by atoms with Crippen LogP contribution in [0.15, 0.2) is 24.3 Å². The van der Waals surface area contributed by atoms with Crippen molar-refractivity contribution in [1.82, 2.24) is 24.6 Å². The molecular weight excluding hydrogens is 368 g/mol. The molecule has 152 valence electrons. The van der Waals surface area contributed by atoms with E-state index >= 15 is 0 Å². The Morgan fingerprint density at radius 2 is 1.76 bits per heavy atom. The van der Waals surface area contributed by atoms with Gasteiger partial charge in [-0.15, -0.1) is 0 Å². The average Bonchev–Trinajstić information content (AvgIpc) is 3.01. The number of benzene rings is 1. The number of anilines is 1. The summed E-state index contributed by atoms with van der Waals surface area (Å²) in [7, 11) is 3.56. The quantitative estimate of drug-likeness (QED) is 0.673. The van der Waals surface area contributed by atoms with Gasteiger partial charge >= 0.3 is 0 Å². The molecule has 1 fully saturated rings. The van der Waals surface area contributed by atoms with Crippen LogP contribution in [0.3, 0.4) is 0 Å². The highest BCUT2D eigenvalue weighted by Crippen LogP contribution is 2.26. The molecule has 4 rings (SSSR count). The number of aryl methyl sites for hydroxylation is 3. The Balaban J connectivity index is 1.45. The largest absolute Gasteiger partial charge is 0.497 e. The number of amides is 1. The summed E-state index contributed by atoms with van der Waals surface area (Å²) in [5.41, 5.74) is 3.75. The molecule has 1 aromatic carbocycles. The smallest absolute Gasteiger partial charge is 0.227 e. The third-order valence-corrected chi connectivity index (χ3v) is 5.39. The molecule has 0 bridgehead atoms. The minimum atomic E-state index is 0.148. The third kappa shape index (κ3) is 3.74. The molecule has 0 radical (unpaired) electrons. The van der Waals surface area contributed by atoms with Crippen LogP contribution in [-0.4, -0.2) is 63.8 Å². The predicted octanol–water partition coefficient (Wildman–Crippen LogP) is 1.88. The van der Waals surface area contributed by atoms with E-state index in [1.807, 2.05) is 54.7 Å². The molecule has 0 unspecified atom stereocenters. The summed E-state index contributed by atoms with van der Waals surface area (Å²) in [5.74, 6) is 2.58. The van der Waals surface area contributed by atoms with Crippen LogP contribution in [0.25, 0.3) is 11.0 Å². The number of ether oxygens (including phenoxy) is 1. The zero-order valence-electron chi connectivity index (χ0n) is 17.3. The molecule has 1 amide bonds. The van der Waals surface area contributed by atoms with E-state index in [0.717, 1.165) is 52.8 Å². The molecule has 0 N–H and O–H groups in total. The summed E-state index contributed by atoms with van der Waals surface area (Å²) in [5, 5.41) is 4.50. The fraction of sp³-hybridized carbons (Fsp3) is 0.429. The van der Waals surface area contributed by atoms with Crippen LogP contribution in [0.1, 0.15) is 17.1 Å². The number of hydrogen-bond acceptors (Lipinski definition) is 6. The molecular formula is C21H26N6O2.